The lowest BCUT2D eigenvalue weighted by atomic mass is 9.59. The lowest BCUT2D eigenvalue weighted by molar-refractivity contribution is -0.106. The summed E-state index contributed by atoms with van der Waals surface area (Å²) in [5.41, 5.74) is -0.151. The molecule has 0 radical (unpaired) electrons. The third kappa shape index (κ3) is 1.09. The molecule has 3 saturated carbocycles. The number of hydrogen-bond donors (Lipinski definition) is 2. The molecule has 0 atom stereocenters. The minimum Gasteiger partial charge on any atom is -0.396 e. The van der Waals surface area contributed by atoms with E-state index in [1.165, 1.54) is 0 Å². The maximum Gasteiger partial charge on any atom is 0.0648 e. The molecule has 0 unspecified atom stereocenters. The molecule has 0 aliphatic heterocycles. The molecule has 0 aromatic heterocycles. The van der Waals surface area contributed by atoms with Gasteiger partial charge in [-0.05, 0) is 43.9 Å². The van der Waals surface area contributed by atoms with Crippen LogP contribution >= 0.6 is 0 Å². The van der Waals surface area contributed by atoms with Gasteiger partial charge in [-0.25, -0.2) is 0 Å². The zero-order chi connectivity index (χ0) is 7.95. The molecule has 64 valence electrons. The van der Waals surface area contributed by atoms with Crippen molar-refractivity contribution in [2.75, 3.05) is 6.61 Å². The van der Waals surface area contributed by atoms with Gasteiger partial charge in [0.15, 0.2) is 0 Å². The van der Waals surface area contributed by atoms with Crippen LogP contribution in [0.4, 0.5) is 0 Å². The van der Waals surface area contributed by atoms with Crippen LogP contribution in [0, 0.1) is 5.41 Å². The fourth-order valence-electron chi connectivity index (χ4n) is 2.48. The Bertz CT molecular complexity index is 140. The Kier molecular flexibility index (Phi) is 1.52. The van der Waals surface area contributed by atoms with E-state index >= 15 is 0 Å². The minimum atomic E-state index is -0.350. The number of hydrogen-bond acceptors (Lipinski definition) is 2. The molecule has 2 heteroatoms. The molecule has 0 aromatic rings. The molecule has 0 heterocycles. The highest BCUT2D eigenvalue weighted by molar-refractivity contribution is 4.99. The van der Waals surface area contributed by atoms with Gasteiger partial charge < -0.3 is 10.2 Å². The van der Waals surface area contributed by atoms with Gasteiger partial charge in [-0.1, -0.05) is 0 Å². The quantitative estimate of drug-likeness (QED) is 0.596. The SMILES string of the molecule is OCC12CCC(O)(CC1)CC2. The van der Waals surface area contributed by atoms with Gasteiger partial charge in [-0.15, -0.1) is 0 Å². The molecule has 3 rings (SSSR count). The number of aliphatic hydroxyl groups is 2. The van der Waals surface area contributed by atoms with Crippen molar-refractivity contribution in [2.24, 2.45) is 5.41 Å². The van der Waals surface area contributed by atoms with Gasteiger partial charge in [0.25, 0.3) is 0 Å². The summed E-state index contributed by atoms with van der Waals surface area (Å²) in [5, 5.41) is 19.0. The molecule has 2 bridgehead atoms. The summed E-state index contributed by atoms with van der Waals surface area (Å²) in [7, 11) is 0. The number of rotatable bonds is 1. The van der Waals surface area contributed by atoms with E-state index in [-0.39, 0.29) is 11.0 Å². The maximum absolute atomic E-state index is 9.85. The van der Waals surface area contributed by atoms with Gasteiger partial charge in [0.1, 0.15) is 0 Å². The van der Waals surface area contributed by atoms with Crippen LogP contribution in [0.5, 0.6) is 0 Å². The predicted octanol–water partition coefficient (Wildman–Crippen LogP) is 1.06. The van der Waals surface area contributed by atoms with Crippen LogP contribution in [0.15, 0.2) is 0 Å². The first-order valence-corrected chi connectivity index (χ1v) is 4.51. The summed E-state index contributed by atoms with van der Waals surface area (Å²) >= 11 is 0. The van der Waals surface area contributed by atoms with Crippen LogP contribution in [0.3, 0.4) is 0 Å². The van der Waals surface area contributed by atoms with Crippen molar-refractivity contribution in [3.05, 3.63) is 0 Å². The molecule has 0 amide bonds. The second-order valence-corrected chi connectivity index (χ2v) is 4.38. The van der Waals surface area contributed by atoms with E-state index in [9.17, 15) is 5.11 Å². The van der Waals surface area contributed by atoms with Gasteiger partial charge in [-0.3, -0.25) is 0 Å². The van der Waals surface area contributed by atoms with Crippen molar-refractivity contribution in [3.63, 3.8) is 0 Å². The Morgan fingerprint density at radius 3 is 1.73 bits per heavy atom. The smallest absolute Gasteiger partial charge is 0.0648 e. The van der Waals surface area contributed by atoms with Crippen molar-refractivity contribution in [2.45, 2.75) is 44.1 Å². The van der Waals surface area contributed by atoms with E-state index in [0.717, 1.165) is 38.5 Å². The fraction of sp³-hybridized carbons (Fsp3) is 1.00. The highest BCUT2D eigenvalue weighted by Gasteiger charge is 2.47. The van der Waals surface area contributed by atoms with Crippen LogP contribution in [0.1, 0.15) is 38.5 Å². The van der Waals surface area contributed by atoms with Crippen LogP contribution in [-0.4, -0.2) is 22.4 Å². The average molecular weight is 156 g/mol. The first kappa shape index (κ1) is 7.56. The topological polar surface area (TPSA) is 40.5 Å². The van der Waals surface area contributed by atoms with Crippen LogP contribution in [0.2, 0.25) is 0 Å². The Balaban J connectivity index is 2.12. The molecule has 3 aliphatic carbocycles. The Labute approximate surface area is 67.2 Å². The van der Waals surface area contributed by atoms with Crippen LogP contribution in [-0.2, 0) is 0 Å². The third-order valence-electron chi connectivity index (χ3n) is 3.70. The fourth-order valence-corrected chi connectivity index (χ4v) is 2.48. The van der Waals surface area contributed by atoms with Crippen molar-refractivity contribution >= 4 is 0 Å². The summed E-state index contributed by atoms with van der Waals surface area (Å²) in [4.78, 5) is 0. The zero-order valence-electron chi connectivity index (χ0n) is 6.84. The normalized spacial score (nSPS) is 49.6. The summed E-state index contributed by atoms with van der Waals surface area (Å²) in [6.07, 6.45) is 5.81. The standard InChI is InChI=1S/C9H16O2/c10-7-8-1-4-9(11,5-2-8)6-3-8/h10-11H,1-7H2. The van der Waals surface area contributed by atoms with Gasteiger partial charge >= 0.3 is 0 Å². The summed E-state index contributed by atoms with van der Waals surface area (Å²) < 4.78 is 0. The first-order chi connectivity index (χ1) is 5.18. The molecule has 0 saturated heterocycles. The molecule has 3 fully saturated rings. The minimum absolute atomic E-state index is 0.199. The Morgan fingerprint density at radius 2 is 1.36 bits per heavy atom. The number of aliphatic hydroxyl groups excluding tert-OH is 1. The highest BCUT2D eigenvalue weighted by Crippen LogP contribution is 2.51. The van der Waals surface area contributed by atoms with E-state index in [1.807, 2.05) is 0 Å². The van der Waals surface area contributed by atoms with Crippen LogP contribution in [0.25, 0.3) is 0 Å². The van der Waals surface area contributed by atoms with E-state index in [4.69, 9.17) is 5.11 Å². The lowest BCUT2D eigenvalue weighted by Gasteiger charge is -2.50. The molecule has 0 aromatic carbocycles. The van der Waals surface area contributed by atoms with Crippen molar-refractivity contribution in [3.8, 4) is 0 Å². The highest BCUT2D eigenvalue weighted by atomic mass is 16.3. The molecule has 0 spiro atoms. The van der Waals surface area contributed by atoms with E-state index in [1.54, 1.807) is 0 Å². The van der Waals surface area contributed by atoms with E-state index < -0.39 is 0 Å². The van der Waals surface area contributed by atoms with Gasteiger partial charge in [0.05, 0.1) is 5.60 Å². The molecule has 11 heavy (non-hydrogen) atoms. The van der Waals surface area contributed by atoms with Crippen molar-refractivity contribution in [1.82, 2.24) is 0 Å². The third-order valence-corrected chi connectivity index (χ3v) is 3.70. The second kappa shape index (κ2) is 2.20. The van der Waals surface area contributed by atoms with E-state index in [2.05, 4.69) is 0 Å². The Morgan fingerprint density at radius 1 is 0.909 bits per heavy atom. The first-order valence-electron chi connectivity index (χ1n) is 4.51. The van der Waals surface area contributed by atoms with Crippen molar-refractivity contribution in [1.29, 1.82) is 0 Å². The molecular weight excluding hydrogens is 140 g/mol. The van der Waals surface area contributed by atoms with Gasteiger partial charge in [0, 0.05) is 6.61 Å². The maximum atomic E-state index is 9.85. The zero-order valence-corrected chi connectivity index (χ0v) is 6.84. The van der Waals surface area contributed by atoms with Crippen molar-refractivity contribution < 1.29 is 10.2 Å². The average Bonchev–Trinajstić information content (AvgIpc) is 2.07. The van der Waals surface area contributed by atoms with Gasteiger partial charge in [0.2, 0.25) is 0 Å². The Hall–Kier alpha value is -0.0800. The van der Waals surface area contributed by atoms with Gasteiger partial charge in [-0.2, -0.15) is 0 Å². The molecule has 2 N–H and O–H groups in total. The monoisotopic (exact) mass is 156 g/mol. The second-order valence-electron chi connectivity index (χ2n) is 4.38. The van der Waals surface area contributed by atoms with E-state index in [0.29, 0.717) is 6.61 Å². The molecule has 2 nitrogen and oxygen atoms in total. The number of fused-ring (bicyclic) bond motifs is 3. The largest absolute Gasteiger partial charge is 0.396 e. The molecular formula is C9H16O2. The lowest BCUT2D eigenvalue weighted by Crippen LogP contribution is -2.47. The summed E-state index contributed by atoms with van der Waals surface area (Å²) in [5.74, 6) is 0. The predicted molar refractivity (Wildman–Crippen MR) is 42.2 cm³/mol. The summed E-state index contributed by atoms with van der Waals surface area (Å²) in [6.45, 7) is 0.322. The van der Waals surface area contributed by atoms with Crippen LogP contribution < -0.4 is 0 Å². The summed E-state index contributed by atoms with van der Waals surface area (Å²) in [6, 6.07) is 0. The molecule has 3 aliphatic rings.